The van der Waals surface area contributed by atoms with Crippen LogP contribution in [0, 0.1) is 0 Å². The fourth-order valence-electron chi connectivity index (χ4n) is 3.54. The topological polar surface area (TPSA) is 157 Å². The zero-order valence-corrected chi connectivity index (χ0v) is 21.4. The Hall–Kier alpha value is -3.57. The van der Waals surface area contributed by atoms with Gasteiger partial charge < -0.3 is 23.8 Å². The van der Waals surface area contributed by atoms with E-state index in [1.54, 1.807) is 34.6 Å². The van der Waals surface area contributed by atoms with Gasteiger partial charge in [-0.1, -0.05) is 24.7 Å². The van der Waals surface area contributed by atoms with Crippen LogP contribution < -0.4 is 5.32 Å². The van der Waals surface area contributed by atoms with Gasteiger partial charge in [0.05, 0.1) is 18.6 Å². The fourth-order valence-corrected chi connectivity index (χ4v) is 3.54. The van der Waals surface area contributed by atoms with E-state index in [9.17, 15) is 24.3 Å². The monoisotopic (exact) mass is 509 g/mol. The lowest BCUT2D eigenvalue weighted by atomic mass is 9.93. The summed E-state index contributed by atoms with van der Waals surface area (Å²) in [5.74, 6) is -2.86. The van der Waals surface area contributed by atoms with E-state index < -0.39 is 53.8 Å². The van der Waals surface area contributed by atoms with Crippen molar-refractivity contribution in [2.75, 3.05) is 13.2 Å². The second kappa shape index (κ2) is 11.9. The predicted molar refractivity (Wildman–Crippen MR) is 126 cm³/mol. The number of alkyl carbamates (subject to hydrolysis) is 1. The van der Waals surface area contributed by atoms with Crippen LogP contribution in [0.25, 0.3) is 0 Å². The zero-order valence-electron chi connectivity index (χ0n) is 21.4. The van der Waals surface area contributed by atoms with Crippen molar-refractivity contribution in [2.45, 2.75) is 83.6 Å². The van der Waals surface area contributed by atoms with E-state index in [0.29, 0.717) is 31.5 Å². The number of carboxylic acids is 1. The maximum absolute atomic E-state index is 13.0. The third kappa shape index (κ3) is 7.22. The fraction of sp³-hybridized carbons (Fsp3) is 0.625. The van der Waals surface area contributed by atoms with Crippen LogP contribution in [0.1, 0.15) is 71.4 Å². The minimum atomic E-state index is -2.54. The number of nitrogens with one attached hydrogen (secondary N) is 1. The molecule has 1 aromatic heterocycles. The molecule has 1 aliphatic heterocycles. The summed E-state index contributed by atoms with van der Waals surface area (Å²) in [7, 11) is 0. The zero-order chi connectivity index (χ0) is 27.1. The highest BCUT2D eigenvalue weighted by Gasteiger charge is 2.51. The number of ether oxygens (including phenoxy) is 3. The minimum Gasteiger partial charge on any atom is -0.479 e. The maximum Gasteiger partial charge on any atom is 0.410 e. The number of rotatable bonds is 10. The molecule has 1 aromatic rings. The number of hydrogen-bond acceptors (Lipinski definition) is 9. The van der Waals surface area contributed by atoms with Gasteiger partial charge in [-0.25, -0.2) is 19.2 Å². The number of carbonyl (C=O) groups is 4. The standard InChI is InChI=1S/C24H35N3O9/c1-7-12-33-21(31)25-24(19(28)29,20(30)34-15(3)8-2)14-16-13-17(26-36-16)18-10-9-11-27(18)22(32)35-23(4,5)6/h7,13,15,18H,1,8-12,14H2,2-6H3,(H,25,31)(H,28,29). The molecule has 1 fully saturated rings. The average molecular weight is 510 g/mol. The SMILES string of the molecule is C=CCOC(=O)NC(Cc1cc(C2CCCN2C(=O)OC(C)(C)C)no1)(C(=O)O)C(=O)OC(C)CC. The first kappa shape index (κ1) is 28.7. The first-order valence-electron chi connectivity index (χ1n) is 11.8. The summed E-state index contributed by atoms with van der Waals surface area (Å²) in [5, 5.41) is 16.2. The van der Waals surface area contributed by atoms with Gasteiger partial charge in [0.15, 0.2) is 0 Å². The normalized spacial score (nSPS) is 18.0. The molecule has 0 saturated carbocycles. The Morgan fingerprint density at radius 1 is 1.36 bits per heavy atom. The van der Waals surface area contributed by atoms with E-state index in [1.165, 1.54) is 17.0 Å². The number of nitrogens with zero attached hydrogens (tertiary/aromatic N) is 2. The van der Waals surface area contributed by atoms with Crippen molar-refractivity contribution >= 4 is 24.1 Å². The molecule has 0 aliphatic carbocycles. The average Bonchev–Trinajstić information content (AvgIpc) is 3.45. The van der Waals surface area contributed by atoms with Crippen LogP contribution in [0.15, 0.2) is 23.2 Å². The quantitative estimate of drug-likeness (QED) is 0.207. The number of aromatic nitrogens is 1. The van der Waals surface area contributed by atoms with Crippen molar-refractivity contribution in [2.24, 2.45) is 0 Å². The number of carbonyl (C=O) groups excluding carboxylic acids is 3. The molecule has 1 saturated heterocycles. The summed E-state index contributed by atoms with van der Waals surface area (Å²) in [6, 6.07) is 1.01. The van der Waals surface area contributed by atoms with Crippen LogP contribution >= 0.6 is 0 Å². The van der Waals surface area contributed by atoms with E-state index in [1.807, 2.05) is 0 Å². The van der Waals surface area contributed by atoms with Gasteiger partial charge >= 0.3 is 24.1 Å². The molecule has 12 nitrogen and oxygen atoms in total. The molecular weight excluding hydrogens is 474 g/mol. The Morgan fingerprint density at radius 2 is 2.06 bits per heavy atom. The molecule has 3 unspecified atom stereocenters. The smallest absolute Gasteiger partial charge is 0.410 e. The maximum atomic E-state index is 13.0. The molecular formula is C24H35N3O9. The van der Waals surface area contributed by atoms with Crippen molar-refractivity contribution in [3.8, 4) is 0 Å². The number of aliphatic carboxylic acids is 1. The lowest BCUT2D eigenvalue weighted by Crippen LogP contribution is -2.62. The van der Waals surface area contributed by atoms with E-state index in [0.717, 1.165) is 0 Å². The molecule has 0 spiro atoms. The Morgan fingerprint density at radius 3 is 2.64 bits per heavy atom. The van der Waals surface area contributed by atoms with Crippen molar-refractivity contribution in [3.63, 3.8) is 0 Å². The van der Waals surface area contributed by atoms with Gasteiger partial charge in [-0.3, -0.25) is 10.2 Å². The molecule has 1 aliphatic rings. The van der Waals surface area contributed by atoms with Crippen molar-refractivity contribution in [3.05, 3.63) is 30.2 Å². The van der Waals surface area contributed by atoms with E-state index in [2.05, 4.69) is 17.1 Å². The molecule has 2 amide bonds. The lowest BCUT2D eigenvalue weighted by Gasteiger charge is -2.28. The highest BCUT2D eigenvalue weighted by atomic mass is 16.6. The molecule has 0 aromatic carbocycles. The van der Waals surface area contributed by atoms with Crippen molar-refractivity contribution in [1.29, 1.82) is 0 Å². The number of likely N-dealkylation sites (tertiary alicyclic amines) is 1. The lowest BCUT2D eigenvalue weighted by molar-refractivity contribution is -0.166. The summed E-state index contributed by atoms with van der Waals surface area (Å²) in [6.45, 7) is 12.3. The van der Waals surface area contributed by atoms with Gasteiger partial charge in [-0.05, 0) is 47.0 Å². The van der Waals surface area contributed by atoms with Gasteiger partial charge in [0.25, 0.3) is 0 Å². The highest BCUT2D eigenvalue weighted by Crippen LogP contribution is 2.33. The van der Waals surface area contributed by atoms with Crippen LogP contribution in [-0.2, 0) is 30.2 Å². The summed E-state index contributed by atoms with van der Waals surface area (Å²) in [4.78, 5) is 51.8. The summed E-state index contributed by atoms with van der Waals surface area (Å²) in [6.07, 6.45) is 0.168. The molecule has 200 valence electrons. The number of esters is 1. The van der Waals surface area contributed by atoms with E-state index in [4.69, 9.17) is 18.7 Å². The first-order chi connectivity index (χ1) is 16.8. The second-order valence-corrected chi connectivity index (χ2v) is 9.57. The molecule has 2 rings (SSSR count). The molecule has 0 radical (unpaired) electrons. The minimum absolute atomic E-state index is 0.00596. The van der Waals surface area contributed by atoms with Crippen LogP contribution in [0.3, 0.4) is 0 Å². The van der Waals surface area contributed by atoms with Gasteiger partial charge in [0.2, 0.25) is 5.54 Å². The van der Waals surface area contributed by atoms with Crippen LogP contribution in [0.2, 0.25) is 0 Å². The highest BCUT2D eigenvalue weighted by molar-refractivity contribution is 6.06. The molecule has 3 atom stereocenters. The first-order valence-corrected chi connectivity index (χ1v) is 11.8. The van der Waals surface area contributed by atoms with Crippen LogP contribution in [-0.4, -0.2) is 69.7 Å². The van der Waals surface area contributed by atoms with E-state index >= 15 is 0 Å². The number of carboxylic acid groups (broad SMARTS) is 1. The van der Waals surface area contributed by atoms with Crippen LogP contribution in [0.4, 0.5) is 9.59 Å². The Kier molecular flexibility index (Phi) is 9.48. The van der Waals surface area contributed by atoms with E-state index in [-0.39, 0.29) is 12.4 Å². The number of hydrogen-bond donors (Lipinski definition) is 2. The second-order valence-electron chi connectivity index (χ2n) is 9.57. The third-order valence-corrected chi connectivity index (χ3v) is 5.48. The van der Waals surface area contributed by atoms with Gasteiger partial charge in [-0.15, -0.1) is 0 Å². The van der Waals surface area contributed by atoms with Gasteiger partial charge in [-0.2, -0.15) is 0 Å². The van der Waals surface area contributed by atoms with Crippen molar-refractivity contribution in [1.82, 2.24) is 15.4 Å². The van der Waals surface area contributed by atoms with Gasteiger partial charge in [0.1, 0.15) is 23.7 Å². The largest absolute Gasteiger partial charge is 0.479 e. The number of amides is 2. The van der Waals surface area contributed by atoms with Gasteiger partial charge in [0, 0.05) is 12.6 Å². The predicted octanol–water partition coefficient (Wildman–Crippen LogP) is 3.37. The Balaban J connectivity index is 2.33. The summed E-state index contributed by atoms with van der Waals surface area (Å²) in [5.41, 5.74) is -2.85. The molecule has 36 heavy (non-hydrogen) atoms. The van der Waals surface area contributed by atoms with Crippen molar-refractivity contribution < 1.29 is 43.0 Å². The Labute approximate surface area is 209 Å². The molecule has 2 N–H and O–H groups in total. The molecule has 0 bridgehead atoms. The van der Waals surface area contributed by atoms with Crippen LogP contribution in [0.5, 0.6) is 0 Å². The summed E-state index contributed by atoms with van der Waals surface area (Å²) >= 11 is 0. The third-order valence-electron chi connectivity index (χ3n) is 5.48. The molecule has 2 heterocycles. The molecule has 12 heteroatoms. The Bertz CT molecular complexity index is 968. The summed E-state index contributed by atoms with van der Waals surface area (Å²) < 4.78 is 20.9.